The van der Waals surface area contributed by atoms with Gasteiger partial charge in [0.1, 0.15) is 24.2 Å². The number of nitrogens with one attached hydrogen (secondary N) is 3. The van der Waals surface area contributed by atoms with Crippen LogP contribution < -0.4 is 16.4 Å². The van der Waals surface area contributed by atoms with Crippen molar-refractivity contribution in [1.29, 1.82) is 0 Å². The van der Waals surface area contributed by atoms with E-state index in [0.29, 0.717) is 28.2 Å². The number of H-pyrrole nitrogens is 1. The van der Waals surface area contributed by atoms with Gasteiger partial charge in [-0.25, -0.2) is 18.9 Å². The number of amides is 1. The van der Waals surface area contributed by atoms with Crippen LogP contribution in [0, 0.1) is 5.82 Å². The molecule has 0 aliphatic carbocycles. The van der Waals surface area contributed by atoms with E-state index in [-0.39, 0.29) is 27.5 Å². The third kappa shape index (κ3) is 4.47. The van der Waals surface area contributed by atoms with E-state index in [0.717, 1.165) is 0 Å². The van der Waals surface area contributed by atoms with E-state index in [1.165, 1.54) is 29.2 Å². The summed E-state index contributed by atoms with van der Waals surface area (Å²) in [4.78, 5) is 23.8. The summed E-state index contributed by atoms with van der Waals surface area (Å²) in [7, 11) is 0. The van der Waals surface area contributed by atoms with E-state index in [1.807, 2.05) is 5.32 Å². The highest BCUT2D eigenvalue weighted by Crippen LogP contribution is 2.33. The molecule has 0 aliphatic heterocycles. The highest BCUT2D eigenvalue weighted by atomic mass is 35.5. The average Bonchev–Trinajstić information content (AvgIpc) is 3.39. The number of nitrogen functional groups attached to an aromatic ring is 1. The molecule has 2 aromatic carbocycles. The lowest BCUT2D eigenvalue weighted by molar-refractivity contribution is -0.123. The maximum atomic E-state index is 13.7. The predicted molar refractivity (Wildman–Crippen MR) is 126 cm³/mol. The minimum absolute atomic E-state index is 0.0415. The Bertz CT molecular complexity index is 1570. The molecule has 5 rings (SSSR count). The molecule has 0 radical (unpaired) electrons. The molecule has 5 N–H and O–H groups in total. The normalized spacial score (nSPS) is 11.8. The summed E-state index contributed by atoms with van der Waals surface area (Å²) in [6, 6.07) is 9.24. The molecule has 0 saturated heterocycles. The number of fused-ring (bicyclic) bond motifs is 2. The van der Waals surface area contributed by atoms with E-state index in [4.69, 9.17) is 17.3 Å². The number of aromatic nitrogens is 5. The number of halogens is 5. The zero-order chi connectivity index (χ0) is 25.6. The van der Waals surface area contributed by atoms with Crippen LogP contribution in [0.25, 0.3) is 27.7 Å². The molecule has 0 spiro atoms. The summed E-state index contributed by atoms with van der Waals surface area (Å²) in [5.74, 6) is -1.16. The first-order valence-corrected chi connectivity index (χ1v) is 10.7. The second kappa shape index (κ2) is 8.68. The average molecular weight is 519 g/mol. The number of carbonyl (C=O) groups is 1. The molecular formula is C22H15ClF4N8O. The molecule has 36 heavy (non-hydrogen) atoms. The van der Waals surface area contributed by atoms with Crippen molar-refractivity contribution >= 4 is 51.5 Å². The topological polar surface area (TPSA) is 126 Å². The molecule has 0 aliphatic rings. The Morgan fingerprint density at radius 3 is 2.67 bits per heavy atom. The Hall–Kier alpha value is -4.39. The van der Waals surface area contributed by atoms with Crippen LogP contribution in [0.1, 0.15) is 10.4 Å². The van der Waals surface area contributed by atoms with Crippen LogP contribution in [0.4, 0.5) is 35.0 Å². The fourth-order valence-electron chi connectivity index (χ4n) is 3.70. The van der Waals surface area contributed by atoms with Gasteiger partial charge in [0.25, 0.3) is 5.91 Å². The van der Waals surface area contributed by atoms with Gasteiger partial charge in [0.15, 0.2) is 5.82 Å². The lowest BCUT2D eigenvalue weighted by atomic mass is 10.0. The van der Waals surface area contributed by atoms with E-state index < -0.39 is 24.4 Å². The number of hydrogen-bond donors (Lipinski definition) is 4. The maximum absolute atomic E-state index is 13.7. The smallest absolute Gasteiger partial charge is 0.382 e. The number of nitrogens with two attached hydrogens (primary N) is 1. The standard InChI is InChI=1S/C22H15ClF4N8O/c23-13-5-15-16(6-14(13)24)34-21(33-15)32-11-3-1-10(2-4-11)17-12(20(36)29-8-22(25,26)27)7-35-18(17)19(28)30-9-31-35/h1-7,9H,8H2,(H,29,36)(H2,28,30,31)(H2,32,33,34). The third-order valence-corrected chi connectivity index (χ3v) is 5.55. The summed E-state index contributed by atoms with van der Waals surface area (Å²) < 4.78 is 52.9. The Morgan fingerprint density at radius 2 is 1.94 bits per heavy atom. The van der Waals surface area contributed by atoms with Gasteiger partial charge in [-0.1, -0.05) is 23.7 Å². The zero-order valence-electron chi connectivity index (χ0n) is 18.0. The number of rotatable bonds is 5. The lowest BCUT2D eigenvalue weighted by Crippen LogP contribution is -2.33. The van der Waals surface area contributed by atoms with Gasteiger partial charge in [-0.2, -0.15) is 18.3 Å². The molecule has 14 heteroatoms. The quantitative estimate of drug-likeness (QED) is 0.250. The van der Waals surface area contributed by atoms with Crippen molar-refractivity contribution in [2.24, 2.45) is 0 Å². The summed E-state index contributed by atoms with van der Waals surface area (Å²) in [5, 5.41) is 8.87. The molecule has 0 atom stereocenters. The van der Waals surface area contributed by atoms with Crippen LogP contribution in [-0.4, -0.2) is 43.2 Å². The Labute approximate surface area is 204 Å². The van der Waals surface area contributed by atoms with Crippen molar-refractivity contribution in [2.45, 2.75) is 6.18 Å². The van der Waals surface area contributed by atoms with Gasteiger partial charge < -0.3 is 21.4 Å². The summed E-state index contributed by atoms with van der Waals surface area (Å²) in [5.41, 5.74) is 8.46. The van der Waals surface area contributed by atoms with Crippen molar-refractivity contribution in [2.75, 3.05) is 17.6 Å². The second-order valence-electron chi connectivity index (χ2n) is 7.73. The maximum Gasteiger partial charge on any atom is 0.405 e. The number of benzene rings is 2. The Kier molecular flexibility index (Phi) is 5.63. The zero-order valence-corrected chi connectivity index (χ0v) is 18.7. The van der Waals surface area contributed by atoms with Gasteiger partial charge in [0, 0.05) is 23.5 Å². The number of nitrogens with zero attached hydrogens (tertiary/aromatic N) is 4. The van der Waals surface area contributed by atoms with Crippen molar-refractivity contribution in [3.05, 3.63) is 65.3 Å². The Morgan fingerprint density at radius 1 is 1.19 bits per heavy atom. The van der Waals surface area contributed by atoms with Gasteiger partial charge >= 0.3 is 6.18 Å². The third-order valence-electron chi connectivity index (χ3n) is 5.26. The van der Waals surface area contributed by atoms with Gasteiger partial charge in [0.2, 0.25) is 5.95 Å². The van der Waals surface area contributed by atoms with Gasteiger partial charge in [0.05, 0.1) is 21.6 Å². The fourth-order valence-corrected chi connectivity index (χ4v) is 3.86. The molecule has 9 nitrogen and oxygen atoms in total. The van der Waals surface area contributed by atoms with Gasteiger partial charge in [-0.15, -0.1) is 0 Å². The lowest BCUT2D eigenvalue weighted by Gasteiger charge is -2.10. The highest BCUT2D eigenvalue weighted by molar-refractivity contribution is 6.31. The molecule has 0 saturated carbocycles. The second-order valence-corrected chi connectivity index (χ2v) is 8.13. The van der Waals surface area contributed by atoms with E-state index in [1.54, 1.807) is 24.3 Å². The first kappa shape index (κ1) is 23.4. The molecule has 0 unspecified atom stereocenters. The van der Waals surface area contributed by atoms with E-state index in [2.05, 4.69) is 25.4 Å². The van der Waals surface area contributed by atoms with Crippen LogP contribution in [0.2, 0.25) is 5.02 Å². The summed E-state index contributed by atoms with van der Waals surface area (Å²) >= 11 is 5.81. The molecular weight excluding hydrogens is 504 g/mol. The fraction of sp³-hybridized carbons (Fsp3) is 0.0909. The molecule has 0 fully saturated rings. The van der Waals surface area contributed by atoms with E-state index in [9.17, 15) is 22.4 Å². The molecule has 0 bridgehead atoms. The van der Waals surface area contributed by atoms with Crippen molar-refractivity contribution < 1.29 is 22.4 Å². The molecule has 3 heterocycles. The highest BCUT2D eigenvalue weighted by Gasteiger charge is 2.29. The monoisotopic (exact) mass is 518 g/mol. The number of carbonyl (C=O) groups excluding carboxylic acids is 1. The first-order chi connectivity index (χ1) is 17.1. The first-order valence-electron chi connectivity index (χ1n) is 10.3. The van der Waals surface area contributed by atoms with E-state index >= 15 is 0 Å². The van der Waals surface area contributed by atoms with Crippen molar-refractivity contribution in [1.82, 2.24) is 29.9 Å². The van der Waals surface area contributed by atoms with Gasteiger partial charge in [-0.3, -0.25) is 4.79 Å². The molecule has 1 amide bonds. The number of anilines is 3. The minimum Gasteiger partial charge on any atom is -0.382 e. The number of alkyl halides is 3. The largest absolute Gasteiger partial charge is 0.405 e. The molecule has 5 aromatic rings. The number of hydrogen-bond acceptors (Lipinski definition) is 6. The number of imidazole rings is 1. The SMILES string of the molecule is Nc1ncnn2cc(C(=O)NCC(F)(F)F)c(-c3ccc(Nc4nc5cc(F)c(Cl)cc5[nH]4)cc3)c12. The predicted octanol–water partition coefficient (Wildman–Crippen LogP) is 4.68. The van der Waals surface area contributed by atoms with Crippen LogP contribution >= 0.6 is 11.6 Å². The van der Waals surface area contributed by atoms with Crippen molar-refractivity contribution in [3.63, 3.8) is 0 Å². The summed E-state index contributed by atoms with van der Waals surface area (Å²) in [6.07, 6.45) is -2.11. The van der Waals surface area contributed by atoms with Crippen LogP contribution in [0.15, 0.2) is 48.9 Å². The molecule has 3 aromatic heterocycles. The summed E-state index contributed by atoms with van der Waals surface area (Å²) in [6.45, 7) is -1.49. The Balaban J connectivity index is 1.48. The number of aromatic amines is 1. The van der Waals surface area contributed by atoms with Crippen LogP contribution in [0.5, 0.6) is 0 Å². The van der Waals surface area contributed by atoms with Crippen LogP contribution in [-0.2, 0) is 0 Å². The van der Waals surface area contributed by atoms with Crippen LogP contribution in [0.3, 0.4) is 0 Å². The van der Waals surface area contributed by atoms with Crippen molar-refractivity contribution in [3.8, 4) is 11.1 Å². The minimum atomic E-state index is -4.57. The molecule has 184 valence electrons. The van der Waals surface area contributed by atoms with Gasteiger partial charge in [-0.05, 0) is 23.8 Å².